The van der Waals surface area contributed by atoms with Gasteiger partial charge in [0.1, 0.15) is 5.82 Å². The van der Waals surface area contributed by atoms with E-state index in [-0.39, 0.29) is 5.41 Å². The first kappa shape index (κ1) is 21.9. The molecule has 0 saturated carbocycles. The van der Waals surface area contributed by atoms with Gasteiger partial charge in [0, 0.05) is 23.9 Å². The molecule has 0 aliphatic rings. The van der Waals surface area contributed by atoms with Gasteiger partial charge < -0.3 is 0 Å². The van der Waals surface area contributed by atoms with Gasteiger partial charge >= 0.3 is 0 Å². The van der Waals surface area contributed by atoms with E-state index < -0.39 is 0 Å². The molecule has 32 heavy (non-hydrogen) atoms. The number of aromatic amines is 1. The van der Waals surface area contributed by atoms with Crippen LogP contribution in [0.25, 0.3) is 22.5 Å². The molecule has 4 aromatic rings. The molecule has 0 fully saturated rings. The van der Waals surface area contributed by atoms with E-state index in [4.69, 9.17) is 10.1 Å². The summed E-state index contributed by atoms with van der Waals surface area (Å²) in [6.45, 7) is 9.64. The van der Waals surface area contributed by atoms with Gasteiger partial charge in [0.15, 0.2) is 11.6 Å². The van der Waals surface area contributed by atoms with Crippen molar-refractivity contribution in [1.29, 1.82) is 0 Å². The van der Waals surface area contributed by atoms with E-state index in [1.807, 2.05) is 18.2 Å². The van der Waals surface area contributed by atoms with Crippen LogP contribution in [0.15, 0.2) is 48.5 Å². The summed E-state index contributed by atoms with van der Waals surface area (Å²) in [4.78, 5) is 4.91. The number of H-pyrrole nitrogens is 1. The smallest absolute Gasteiger partial charge is 0.180 e. The maximum absolute atomic E-state index is 4.91. The molecule has 1 N–H and O–H groups in total. The van der Waals surface area contributed by atoms with Crippen LogP contribution in [0, 0.1) is 0 Å². The largest absolute Gasteiger partial charge is 0.249 e. The third kappa shape index (κ3) is 4.93. The van der Waals surface area contributed by atoms with Gasteiger partial charge in [-0.25, -0.2) is 14.8 Å². The Bertz CT molecular complexity index is 1140. The predicted molar refractivity (Wildman–Crippen MR) is 126 cm³/mol. The quantitative estimate of drug-likeness (QED) is 0.389. The lowest BCUT2D eigenvalue weighted by molar-refractivity contribution is 0.503. The number of hydrogen-bond donors (Lipinski definition) is 1. The van der Waals surface area contributed by atoms with Crippen molar-refractivity contribution in [1.82, 2.24) is 35.4 Å². The highest BCUT2D eigenvalue weighted by molar-refractivity contribution is 5.80. The minimum atomic E-state index is -0.0616. The van der Waals surface area contributed by atoms with Crippen LogP contribution in [0.3, 0.4) is 0 Å². The fraction of sp³-hybridized carbons (Fsp3) is 0.400. The normalized spacial score (nSPS) is 11.8. The van der Waals surface area contributed by atoms with Crippen LogP contribution in [-0.2, 0) is 18.4 Å². The zero-order valence-corrected chi connectivity index (χ0v) is 19.3. The van der Waals surface area contributed by atoms with E-state index in [0.29, 0.717) is 5.82 Å². The number of unbranched alkanes of at least 4 members (excludes halogenated alkanes) is 2. The van der Waals surface area contributed by atoms with E-state index in [9.17, 15) is 0 Å². The Balaban J connectivity index is 1.58. The second-order valence-corrected chi connectivity index (χ2v) is 9.20. The maximum atomic E-state index is 4.91. The molecular weight excluding hydrogens is 398 g/mol. The molecule has 0 radical (unpaired) electrons. The fourth-order valence-corrected chi connectivity index (χ4v) is 3.71. The third-order valence-electron chi connectivity index (χ3n) is 5.55. The molecule has 4 rings (SSSR count). The number of tetrazole rings is 1. The molecule has 0 unspecified atom stereocenters. The van der Waals surface area contributed by atoms with Gasteiger partial charge in [-0.15, -0.1) is 5.10 Å². The number of aromatic nitrogens is 7. The Morgan fingerprint density at radius 1 is 0.938 bits per heavy atom. The number of nitrogens with zero attached hydrogens (tertiary/aromatic N) is 6. The minimum absolute atomic E-state index is 0.0616. The van der Waals surface area contributed by atoms with Gasteiger partial charge in [0.2, 0.25) is 0 Å². The van der Waals surface area contributed by atoms with E-state index >= 15 is 0 Å². The topological polar surface area (TPSA) is 85.2 Å². The van der Waals surface area contributed by atoms with Crippen molar-refractivity contribution in [3.8, 4) is 22.5 Å². The highest BCUT2D eigenvalue weighted by Gasteiger charge is 2.22. The second kappa shape index (κ2) is 9.42. The molecule has 7 heteroatoms. The summed E-state index contributed by atoms with van der Waals surface area (Å²) in [7, 11) is 0. The Labute approximate surface area is 189 Å². The highest BCUT2D eigenvalue weighted by Crippen LogP contribution is 2.30. The molecule has 2 aromatic heterocycles. The van der Waals surface area contributed by atoms with Gasteiger partial charge in [-0.05, 0) is 33.5 Å². The molecule has 2 aromatic carbocycles. The molecule has 0 atom stereocenters. The SMILES string of the molecule is CCCCCn1nc(C(C)(C)C)nc1Cc1ccc(-c2ccccc2-c2nnn[nH]2)cc1. The highest BCUT2D eigenvalue weighted by atomic mass is 15.5. The van der Waals surface area contributed by atoms with Gasteiger partial charge in [-0.3, -0.25) is 0 Å². The van der Waals surface area contributed by atoms with Crippen LogP contribution in [0.2, 0.25) is 0 Å². The fourth-order valence-electron chi connectivity index (χ4n) is 3.71. The van der Waals surface area contributed by atoms with Crippen molar-refractivity contribution >= 4 is 0 Å². The molecule has 0 spiro atoms. The molecular formula is C25H31N7. The average Bonchev–Trinajstić information content (AvgIpc) is 3.45. The summed E-state index contributed by atoms with van der Waals surface area (Å²) in [5.41, 5.74) is 4.36. The molecule has 0 bridgehead atoms. The predicted octanol–water partition coefficient (Wildman–Crippen LogP) is 5.20. The van der Waals surface area contributed by atoms with Crippen LogP contribution >= 0.6 is 0 Å². The van der Waals surface area contributed by atoms with Gasteiger partial charge in [0.05, 0.1) is 0 Å². The molecule has 2 heterocycles. The van der Waals surface area contributed by atoms with E-state index in [1.54, 1.807) is 0 Å². The monoisotopic (exact) mass is 429 g/mol. The first-order valence-corrected chi connectivity index (χ1v) is 11.3. The molecule has 166 valence electrons. The number of nitrogens with one attached hydrogen (secondary N) is 1. The summed E-state index contributed by atoms with van der Waals surface area (Å²) in [5.74, 6) is 2.61. The average molecular weight is 430 g/mol. The van der Waals surface area contributed by atoms with E-state index in [1.165, 1.54) is 18.4 Å². The Morgan fingerprint density at radius 2 is 1.69 bits per heavy atom. The number of aryl methyl sites for hydroxylation is 1. The van der Waals surface area contributed by atoms with Crippen LogP contribution in [0.5, 0.6) is 0 Å². The Kier molecular flexibility index (Phi) is 6.44. The lowest BCUT2D eigenvalue weighted by Crippen LogP contribution is -2.14. The van der Waals surface area contributed by atoms with Crippen molar-refractivity contribution in [2.24, 2.45) is 0 Å². The Hall–Kier alpha value is -3.35. The lowest BCUT2D eigenvalue weighted by Gasteiger charge is -2.12. The zero-order valence-electron chi connectivity index (χ0n) is 19.3. The van der Waals surface area contributed by atoms with Crippen molar-refractivity contribution < 1.29 is 0 Å². The second-order valence-electron chi connectivity index (χ2n) is 9.20. The summed E-state index contributed by atoms with van der Waals surface area (Å²) in [6, 6.07) is 16.8. The van der Waals surface area contributed by atoms with Crippen LogP contribution in [-0.4, -0.2) is 35.4 Å². The molecule has 7 nitrogen and oxygen atoms in total. The maximum Gasteiger partial charge on any atom is 0.180 e. The van der Waals surface area contributed by atoms with Crippen LogP contribution < -0.4 is 0 Å². The summed E-state index contributed by atoms with van der Waals surface area (Å²) in [6.07, 6.45) is 4.30. The Morgan fingerprint density at radius 3 is 2.34 bits per heavy atom. The standard InChI is InChI=1S/C25H31N7/c1-5-6-9-16-32-22(26-24(29-32)25(2,3)4)17-18-12-14-19(15-13-18)20-10-7-8-11-21(20)23-27-30-31-28-23/h7-8,10-15H,5-6,9,16-17H2,1-4H3,(H,27,28,30,31). The molecule has 0 aliphatic heterocycles. The van der Waals surface area contributed by atoms with Crippen molar-refractivity contribution in [3.05, 3.63) is 65.7 Å². The van der Waals surface area contributed by atoms with Crippen molar-refractivity contribution in [2.75, 3.05) is 0 Å². The number of rotatable bonds is 8. The minimum Gasteiger partial charge on any atom is -0.249 e. The van der Waals surface area contributed by atoms with Gasteiger partial charge in [0.25, 0.3) is 0 Å². The zero-order chi connectivity index (χ0) is 22.6. The van der Waals surface area contributed by atoms with Crippen LogP contribution in [0.1, 0.15) is 64.2 Å². The van der Waals surface area contributed by atoms with Crippen LogP contribution in [0.4, 0.5) is 0 Å². The first-order chi connectivity index (χ1) is 15.5. The molecule has 0 saturated heterocycles. The summed E-state index contributed by atoms with van der Waals surface area (Å²) >= 11 is 0. The van der Waals surface area contributed by atoms with Gasteiger partial charge in [-0.2, -0.15) is 5.10 Å². The number of benzene rings is 2. The summed E-state index contributed by atoms with van der Waals surface area (Å²) < 4.78 is 2.11. The van der Waals surface area contributed by atoms with Crippen molar-refractivity contribution in [2.45, 2.75) is 65.3 Å². The van der Waals surface area contributed by atoms with Crippen molar-refractivity contribution in [3.63, 3.8) is 0 Å². The van der Waals surface area contributed by atoms with E-state index in [0.717, 1.165) is 47.7 Å². The number of hydrogen-bond acceptors (Lipinski definition) is 5. The third-order valence-corrected chi connectivity index (χ3v) is 5.55. The van der Waals surface area contributed by atoms with Gasteiger partial charge in [-0.1, -0.05) is 89.1 Å². The van der Waals surface area contributed by atoms with E-state index in [2.05, 4.69) is 83.3 Å². The molecule has 0 amide bonds. The molecule has 0 aliphatic carbocycles. The summed E-state index contributed by atoms with van der Waals surface area (Å²) in [5, 5.41) is 19.2. The lowest BCUT2D eigenvalue weighted by atomic mass is 9.96. The first-order valence-electron chi connectivity index (χ1n) is 11.3.